The minimum Gasteiger partial charge on any atom is -0.472 e. The topological polar surface area (TPSA) is 82.8 Å². The highest BCUT2D eigenvalue weighted by atomic mass is 19.1. The van der Waals surface area contributed by atoms with Crippen LogP contribution >= 0.6 is 0 Å². The number of carbonyl (C=O) groups excluding carboxylic acids is 2. The molecule has 3 rings (SSSR count). The molecule has 2 amide bonds. The molecule has 1 atom stereocenters. The third kappa shape index (κ3) is 4.29. The van der Waals surface area contributed by atoms with Gasteiger partial charge in [-0.05, 0) is 36.6 Å². The van der Waals surface area contributed by atoms with E-state index >= 15 is 0 Å². The van der Waals surface area contributed by atoms with E-state index < -0.39 is 6.10 Å². The standard InChI is InChI=1S/C19H21FN2O4/c20-16-3-1-13(2-4-16)17(23)11-21-18(24)14-5-8-22(9-6-14)19(25)15-7-10-26-12-15/h1-4,7,10,12,14,17,23H,5-6,8-9,11H2,(H,21,24). The number of carbonyl (C=O) groups is 2. The Labute approximate surface area is 150 Å². The van der Waals surface area contributed by atoms with Gasteiger partial charge in [-0.15, -0.1) is 0 Å². The zero-order valence-electron chi connectivity index (χ0n) is 14.2. The summed E-state index contributed by atoms with van der Waals surface area (Å²) in [6.45, 7) is 1.07. The van der Waals surface area contributed by atoms with E-state index in [0.29, 0.717) is 37.1 Å². The van der Waals surface area contributed by atoms with Crippen LogP contribution in [-0.4, -0.2) is 41.5 Å². The van der Waals surface area contributed by atoms with Crippen molar-refractivity contribution in [3.05, 3.63) is 59.8 Å². The van der Waals surface area contributed by atoms with E-state index in [0.717, 1.165) is 0 Å². The average Bonchev–Trinajstić information content (AvgIpc) is 3.20. The van der Waals surface area contributed by atoms with Gasteiger partial charge in [-0.25, -0.2) is 4.39 Å². The number of rotatable bonds is 5. The van der Waals surface area contributed by atoms with Crippen LogP contribution in [0.5, 0.6) is 0 Å². The Morgan fingerprint density at radius 3 is 2.54 bits per heavy atom. The van der Waals surface area contributed by atoms with Crippen LogP contribution in [0.3, 0.4) is 0 Å². The molecule has 1 aliphatic rings. The fraction of sp³-hybridized carbons (Fsp3) is 0.368. The fourth-order valence-corrected chi connectivity index (χ4v) is 3.06. The van der Waals surface area contributed by atoms with E-state index in [4.69, 9.17) is 4.42 Å². The lowest BCUT2D eigenvalue weighted by atomic mass is 9.95. The molecule has 1 fully saturated rings. The van der Waals surface area contributed by atoms with Crippen LogP contribution in [0, 0.1) is 11.7 Å². The summed E-state index contributed by atoms with van der Waals surface area (Å²) in [7, 11) is 0. The van der Waals surface area contributed by atoms with Crippen molar-refractivity contribution in [2.24, 2.45) is 5.92 Å². The first-order valence-corrected chi connectivity index (χ1v) is 8.57. The SMILES string of the molecule is O=C(NCC(O)c1ccc(F)cc1)C1CCN(C(=O)c2ccoc2)CC1. The monoisotopic (exact) mass is 360 g/mol. The van der Waals surface area contributed by atoms with Crippen molar-refractivity contribution >= 4 is 11.8 Å². The van der Waals surface area contributed by atoms with E-state index in [2.05, 4.69) is 5.32 Å². The maximum Gasteiger partial charge on any atom is 0.257 e. The van der Waals surface area contributed by atoms with Gasteiger partial charge in [0.15, 0.2) is 0 Å². The number of aliphatic hydroxyl groups excluding tert-OH is 1. The lowest BCUT2D eigenvalue weighted by Gasteiger charge is -2.31. The lowest BCUT2D eigenvalue weighted by Crippen LogP contribution is -2.43. The average molecular weight is 360 g/mol. The van der Waals surface area contributed by atoms with Crippen molar-refractivity contribution in [1.82, 2.24) is 10.2 Å². The second-order valence-electron chi connectivity index (χ2n) is 6.39. The molecule has 0 aliphatic carbocycles. The quantitative estimate of drug-likeness (QED) is 0.856. The smallest absolute Gasteiger partial charge is 0.257 e. The van der Waals surface area contributed by atoms with Crippen molar-refractivity contribution in [3.8, 4) is 0 Å². The second-order valence-corrected chi connectivity index (χ2v) is 6.39. The van der Waals surface area contributed by atoms with Crippen LogP contribution in [0.2, 0.25) is 0 Å². The number of nitrogens with zero attached hydrogens (tertiary/aromatic N) is 1. The molecule has 1 saturated heterocycles. The van der Waals surface area contributed by atoms with Gasteiger partial charge >= 0.3 is 0 Å². The molecule has 0 spiro atoms. The molecule has 1 aromatic carbocycles. The number of likely N-dealkylation sites (tertiary alicyclic amines) is 1. The summed E-state index contributed by atoms with van der Waals surface area (Å²) in [4.78, 5) is 26.2. The molecule has 6 nitrogen and oxygen atoms in total. The number of hydrogen-bond acceptors (Lipinski definition) is 4. The maximum absolute atomic E-state index is 12.9. The summed E-state index contributed by atoms with van der Waals surface area (Å²) in [6.07, 6.45) is 3.13. The largest absolute Gasteiger partial charge is 0.472 e. The van der Waals surface area contributed by atoms with Crippen LogP contribution in [-0.2, 0) is 4.79 Å². The molecule has 0 bridgehead atoms. The second kappa shape index (κ2) is 8.14. The first kappa shape index (κ1) is 18.1. The Morgan fingerprint density at radius 2 is 1.92 bits per heavy atom. The molecule has 0 radical (unpaired) electrons. The zero-order chi connectivity index (χ0) is 18.5. The van der Waals surface area contributed by atoms with E-state index in [1.807, 2.05) is 0 Å². The molecule has 2 aromatic rings. The van der Waals surface area contributed by atoms with Gasteiger partial charge in [-0.2, -0.15) is 0 Å². The van der Waals surface area contributed by atoms with Gasteiger partial charge in [0.1, 0.15) is 12.1 Å². The number of benzene rings is 1. The summed E-state index contributed by atoms with van der Waals surface area (Å²) in [6, 6.07) is 7.15. The van der Waals surface area contributed by atoms with Crippen molar-refractivity contribution < 1.29 is 23.5 Å². The molecule has 1 aliphatic heterocycles. The molecular weight excluding hydrogens is 339 g/mol. The number of furan rings is 1. The van der Waals surface area contributed by atoms with Crippen molar-refractivity contribution in [2.75, 3.05) is 19.6 Å². The molecule has 26 heavy (non-hydrogen) atoms. The summed E-state index contributed by atoms with van der Waals surface area (Å²) in [5.74, 6) is -0.795. The van der Waals surface area contributed by atoms with Crippen LogP contribution in [0.1, 0.15) is 34.9 Å². The highest BCUT2D eigenvalue weighted by Crippen LogP contribution is 2.20. The molecular formula is C19H21FN2O4. The van der Waals surface area contributed by atoms with E-state index in [-0.39, 0.29) is 30.1 Å². The van der Waals surface area contributed by atoms with Crippen LogP contribution in [0.25, 0.3) is 0 Å². The third-order valence-corrected chi connectivity index (χ3v) is 4.65. The molecule has 2 N–H and O–H groups in total. The lowest BCUT2D eigenvalue weighted by molar-refractivity contribution is -0.126. The van der Waals surface area contributed by atoms with Gasteiger partial charge in [0.25, 0.3) is 5.91 Å². The molecule has 2 heterocycles. The van der Waals surface area contributed by atoms with Crippen LogP contribution in [0.4, 0.5) is 4.39 Å². The van der Waals surface area contributed by atoms with Gasteiger partial charge in [0.2, 0.25) is 5.91 Å². The normalized spacial score (nSPS) is 16.3. The Morgan fingerprint density at radius 1 is 1.23 bits per heavy atom. The van der Waals surface area contributed by atoms with Crippen molar-refractivity contribution in [2.45, 2.75) is 18.9 Å². The number of halogens is 1. The van der Waals surface area contributed by atoms with Gasteiger partial charge < -0.3 is 19.7 Å². The Hall–Kier alpha value is -2.67. The predicted molar refractivity (Wildman–Crippen MR) is 91.7 cm³/mol. The maximum atomic E-state index is 12.9. The van der Waals surface area contributed by atoms with Gasteiger partial charge in [-0.1, -0.05) is 12.1 Å². The Kier molecular flexibility index (Phi) is 5.68. The highest BCUT2D eigenvalue weighted by Gasteiger charge is 2.28. The van der Waals surface area contributed by atoms with Crippen molar-refractivity contribution in [3.63, 3.8) is 0 Å². The minimum absolute atomic E-state index is 0.0681. The predicted octanol–water partition coefficient (Wildman–Crippen LogP) is 2.12. The number of piperidine rings is 1. The number of amides is 2. The van der Waals surface area contributed by atoms with E-state index in [1.54, 1.807) is 11.0 Å². The van der Waals surface area contributed by atoms with Gasteiger partial charge in [0, 0.05) is 25.6 Å². The molecule has 7 heteroatoms. The third-order valence-electron chi connectivity index (χ3n) is 4.65. The molecule has 1 unspecified atom stereocenters. The van der Waals surface area contributed by atoms with Crippen LogP contribution < -0.4 is 5.32 Å². The molecule has 0 saturated carbocycles. The first-order chi connectivity index (χ1) is 12.5. The Balaban J connectivity index is 1.45. The zero-order valence-corrected chi connectivity index (χ0v) is 14.2. The van der Waals surface area contributed by atoms with Gasteiger partial charge in [0.05, 0.1) is 17.9 Å². The minimum atomic E-state index is -0.887. The summed E-state index contributed by atoms with van der Waals surface area (Å²) < 4.78 is 17.8. The molecule has 138 valence electrons. The number of nitrogens with one attached hydrogen (secondary N) is 1. The highest BCUT2D eigenvalue weighted by molar-refractivity contribution is 5.94. The molecule has 1 aromatic heterocycles. The van der Waals surface area contributed by atoms with E-state index in [9.17, 15) is 19.1 Å². The van der Waals surface area contributed by atoms with E-state index in [1.165, 1.54) is 36.8 Å². The Bertz CT molecular complexity index is 737. The van der Waals surface area contributed by atoms with Crippen LogP contribution in [0.15, 0.2) is 47.3 Å². The summed E-state index contributed by atoms with van der Waals surface area (Å²) >= 11 is 0. The number of hydrogen-bond donors (Lipinski definition) is 2. The number of aliphatic hydroxyl groups is 1. The van der Waals surface area contributed by atoms with Crippen molar-refractivity contribution in [1.29, 1.82) is 0 Å². The fourth-order valence-electron chi connectivity index (χ4n) is 3.06. The summed E-state index contributed by atoms with van der Waals surface area (Å²) in [5, 5.41) is 12.8. The van der Waals surface area contributed by atoms with Gasteiger partial charge in [-0.3, -0.25) is 9.59 Å². The summed E-state index contributed by atoms with van der Waals surface area (Å²) in [5.41, 5.74) is 1.06. The first-order valence-electron chi connectivity index (χ1n) is 8.57.